The standard InChI is InChI=1S/C19H16N2O4S2/c22-21(23)17-7-3-6-16(12-17)19-20(10-11-26-19)27(24,25)18-9-8-14-4-1-2-5-15(14)13-18/h1-9,12-13,19H,10-11H2/t19-/m0/s1. The van der Waals surface area contributed by atoms with Gasteiger partial charge in [-0.05, 0) is 28.5 Å². The molecule has 0 radical (unpaired) electrons. The molecular formula is C19H16N2O4S2. The zero-order valence-electron chi connectivity index (χ0n) is 14.2. The Morgan fingerprint density at radius 3 is 2.56 bits per heavy atom. The smallest absolute Gasteiger partial charge is 0.258 e. The summed E-state index contributed by atoms with van der Waals surface area (Å²) in [4.78, 5) is 10.8. The third-order valence-electron chi connectivity index (χ3n) is 4.54. The maximum absolute atomic E-state index is 13.3. The lowest BCUT2D eigenvalue weighted by molar-refractivity contribution is -0.384. The van der Waals surface area contributed by atoms with Gasteiger partial charge in [0.1, 0.15) is 0 Å². The van der Waals surface area contributed by atoms with E-state index in [0.717, 1.165) is 10.8 Å². The molecule has 0 amide bonds. The molecule has 0 aromatic heterocycles. The van der Waals surface area contributed by atoms with Gasteiger partial charge in [-0.25, -0.2) is 8.42 Å². The summed E-state index contributed by atoms with van der Waals surface area (Å²) in [6, 6.07) is 18.9. The number of benzene rings is 3. The van der Waals surface area contributed by atoms with Crippen LogP contribution in [0.15, 0.2) is 71.6 Å². The van der Waals surface area contributed by atoms with Crippen LogP contribution >= 0.6 is 11.8 Å². The van der Waals surface area contributed by atoms with Gasteiger partial charge in [-0.1, -0.05) is 42.5 Å². The fourth-order valence-electron chi connectivity index (χ4n) is 3.22. The molecule has 1 heterocycles. The first-order valence-corrected chi connectivity index (χ1v) is 10.8. The van der Waals surface area contributed by atoms with Gasteiger partial charge in [0, 0.05) is 24.4 Å². The molecule has 0 saturated carbocycles. The first-order valence-electron chi connectivity index (χ1n) is 8.33. The molecule has 0 N–H and O–H groups in total. The minimum atomic E-state index is -3.72. The zero-order chi connectivity index (χ0) is 19.0. The average Bonchev–Trinajstić information content (AvgIpc) is 3.18. The summed E-state index contributed by atoms with van der Waals surface area (Å²) < 4.78 is 28.0. The summed E-state index contributed by atoms with van der Waals surface area (Å²) >= 11 is 1.47. The SMILES string of the molecule is O=[N+]([O-])c1cccc([C@@H]2SCCN2S(=O)(=O)c2ccc3ccccc3c2)c1. The molecule has 27 heavy (non-hydrogen) atoms. The van der Waals surface area contributed by atoms with Crippen molar-refractivity contribution < 1.29 is 13.3 Å². The van der Waals surface area contributed by atoms with E-state index in [-0.39, 0.29) is 10.6 Å². The van der Waals surface area contributed by atoms with Gasteiger partial charge in [0.25, 0.3) is 5.69 Å². The number of thioether (sulfide) groups is 1. The Balaban J connectivity index is 1.73. The minimum Gasteiger partial charge on any atom is -0.258 e. The highest BCUT2D eigenvalue weighted by Crippen LogP contribution is 2.42. The van der Waals surface area contributed by atoms with Crippen LogP contribution < -0.4 is 0 Å². The quantitative estimate of drug-likeness (QED) is 0.485. The van der Waals surface area contributed by atoms with Crippen LogP contribution in [0.5, 0.6) is 0 Å². The summed E-state index contributed by atoms with van der Waals surface area (Å²) in [5, 5.41) is 12.4. The van der Waals surface area contributed by atoms with Crippen molar-refractivity contribution in [2.75, 3.05) is 12.3 Å². The van der Waals surface area contributed by atoms with Crippen molar-refractivity contribution in [2.24, 2.45) is 0 Å². The third kappa shape index (κ3) is 3.31. The van der Waals surface area contributed by atoms with Crippen molar-refractivity contribution in [3.63, 3.8) is 0 Å². The maximum atomic E-state index is 13.3. The van der Waals surface area contributed by atoms with Gasteiger partial charge in [0.05, 0.1) is 15.2 Å². The molecule has 0 bridgehead atoms. The number of nitro groups is 1. The summed E-state index contributed by atoms with van der Waals surface area (Å²) in [6.45, 7) is 0.368. The predicted octanol–water partition coefficient (Wildman–Crippen LogP) is 4.18. The molecular weight excluding hydrogens is 384 g/mol. The van der Waals surface area contributed by atoms with E-state index < -0.39 is 20.3 Å². The van der Waals surface area contributed by atoms with Crippen molar-refractivity contribution in [1.29, 1.82) is 0 Å². The highest BCUT2D eigenvalue weighted by Gasteiger charge is 2.37. The Kier molecular flexibility index (Phi) is 4.63. The number of rotatable bonds is 4. The molecule has 1 atom stereocenters. The lowest BCUT2D eigenvalue weighted by Crippen LogP contribution is -2.30. The molecule has 0 aliphatic carbocycles. The fourth-order valence-corrected chi connectivity index (χ4v) is 6.48. The van der Waals surface area contributed by atoms with Gasteiger partial charge in [0.2, 0.25) is 10.0 Å². The van der Waals surface area contributed by atoms with Crippen molar-refractivity contribution in [2.45, 2.75) is 10.3 Å². The number of hydrogen-bond donors (Lipinski definition) is 0. The average molecular weight is 400 g/mol. The molecule has 6 nitrogen and oxygen atoms in total. The van der Waals surface area contributed by atoms with Crippen LogP contribution in [0.4, 0.5) is 5.69 Å². The highest BCUT2D eigenvalue weighted by atomic mass is 32.2. The van der Waals surface area contributed by atoms with Crippen molar-refractivity contribution in [3.8, 4) is 0 Å². The van der Waals surface area contributed by atoms with Gasteiger partial charge in [-0.2, -0.15) is 4.31 Å². The highest BCUT2D eigenvalue weighted by molar-refractivity contribution is 8.01. The Bertz CT molecular complexity index is 1130. The second kappa shape index (κ2) is 6.95. The third-order valence-corrected chi connectivity index (χ3v) is 7.80. The van der Waals surface area contributed by atoms with E-state index in [1.54, 1.807) is 30.3 Å². The molecule has 1 aliphatic heterocycles. The first kappa shape index (κ1) is 18.0. The van der Waals surface area contributed by atoms with E-state index in [1.165, 1.54) is 28.2 Å². The Morgan fingerprint density at radius 2 is 1.78 bits per heavy atom. The number of hydrogen-bond acceptors (Lipinski definition) is 5. The van der Waals surface area contributed by atoms with Crippen LogP contribution in [0.2, 0.25) is 0 Å². The summed E-state index contributed by atoms with van der Waals surface area (Å²) in [5.41, 5.74) is 0.583. The van der Waals surface area contributed by atoms with Gasteiger partial charge < -0.3 is 0 Å². The monoisotopic (exact) mass is 400 g/mol. The molecule has 1 fully saturated rings. The normalized spacial score (nSPS) is 18.0. The van der Waals surface area contributed by atoms with Crippen molar-refractivity contribution in [1.82, 2.24) is 4.31 Å². The molecule has 138 valence electrons. The van der Waals surface area contributed by atoms with E-state index in [2.05, 4.69) is 0 Å². The van der Waals surface area contributed by atoms with Crippen LogP contribution in [0.3, 0.4) is 0 Å². The van der Waals surface area contributed by atoms with Crippen LogP contribution in [-0.4, -0.2) is 29.9 Å². The van der Waals surface area contributed by atoms with E-state index in [9.17, 15) is 18.5 Å². The zero-order valence-corrected chi connectivity index (χ0v) is 15.8. The van der Waals surface area contributed by atoms with E-state index in [4.69, 9.17) is 0 Å². The lowest BCUT2D eigenvalue weighted by atomic mass is 10.1. The van der Waals surface area contributed by atoms with Gasteiger partial charge in [0.15, 0.2) is 0 Å². The van der Waals surface area contributed by atoms with Crippen LogP contribution in [0, 0.1) is 10.1 Å². The number of non-ortho nitro benzene ring substituents is 1. The first-order chi connectivity index (χ1) is 13.0. The summed E-state index contributed by atoms with van der Waals surface area (Å²) in [5.74, 6) is 0.639. The Morgan fingerprint density at radius 1 is 1.00 bits per heavy atom. The number of nitrogens with zero attached hydrogens (tertiary/aromatic N) is 2. The maximum Gasteiger partial charge on any atom is 0.269 e. The van der Waals surface area contributed by atoms with Gasteiger partial charge in [-0.15, -0.1) is 11.8 Å². The number of nitro benzene ring substituents is 1. The fraction of sp³-hybridized carbons (Fsp3) is 0.158. The van der Waals surface area contributed by atoms with E-state index in [0.29, 0.717) is 17.9 Å². The second-order valence-corrected chi connectivity index (χ2v) is 9.28. The summed E-state index contributed by atoms with van der Waals surface area (Å²) in [6.07, 6.45) is 0. The second-order valence-electron chi connectivity index (χ2n) is 6.20. The van der Waals surface area contributed by atoms with Gasteiger partial charge >= 0.3 is 0 Å². The summed E-state index contributed by atoms with van der Waals surface area (Å²) in [7, 11) is -3.72. The van der Waals surface area contributed by atoms with Crippen molar-refractivity contribution in [3.05, 3.63) is 82.4 Å². The minimum absolute atomic E-state index is 0.0388. The lowest BCUT2D eigenvalue weighted by Gasteiger charge is -2.23. The van der Waals surface area contributed by atoms with Crippen molar-refractivity contribution >= 4 is 38.2 Å². The molecule has 8 heteroatoms. The molecule has 0 spiro atoms. The van der Waals surface area contributed by atoms with E-state index >= 15 is 0 Å². The number of sulfonamides is 1. The topological polar surface area (TPSA) is 80.5 Å². The number of fused-ring (bicyclic) bond motifs is 1. The molecule has 4 rings (SSSR count). The molecule has 1 aliphatic rings. The Hall–Kier alpha value is -2.42. The molecule has 1 saturated heterocycles. The van der Waals surface area contributed by atoms with Crippen LogP contribution in [0.25, 0.3) is 10.8 Å². The molecule has 3 aromatic carbocycles. The largest absolute Gasteiger partial charge is 0.269 e. The van der Waals surface area contributed by atoms with E-state index in [1.807, 2.05) is 24.3 Å². The van der Waals surface area contributed by atoms with Gasteiger partial charge in [-0.3, -0.25) is 10.1 Å². The molecule has 0 unspecified atom stereocenters. The van der Waals surface area contributed by atoms with Crippen LogP contribution in [0.1, 0.15) is 10.9 Å². The Labute approximate surface area is 161 Å². The predicted molar refractivity (Wildman–Crippen MR) is 106 cm³/mol. The molecule has 3 aromatic rings. The van der Waals surface area contributed by atoms with Crippen LogP contribution in [-0.2, 0) is 10.0 Å².